The summed E-state index contributed by atoms with van der Waals surface area (Å²) in [6.45, 7) is 8.68. The molecule has 1 aromatic heterocycles. The molecule has 0 amide bonds. The van der Waals surface area contributed by atoms with E-state index in [9.17, 15) is 4.39 Å². The number of aromatic nitrogens is 2. The molecule has 0 unspecified atom stereocenters. The molecule has 0 fully saturated rings. The van der Waals surface area contributed by atoms with Gasteiger partial charge >= 0.3 is 0 Å². The van der Waals surface area contributed by atoms with Crippen molar-refractivity contribution in [3.63, 3.8) is 0 Å². The third-order valence-electron chi connectivity index (χ3n) is 4.32. The SMILES string of the molecule is CCc1cc(Oc2ccc(F)cc2)nc(SCc2ccc(C(C)(C)C)cc2)n1. The lowest BCUT2D eigenvalue weighted by Crippen LogP contribution is -2.10. The number of hydrogen-bond acceptors (Lipinski definition) is 4. The van der Waals surface area contributed by atoms with Gasteiger partial charge in [0.1, 0.15) is 11.6 Å². The van der Waals surface area contributed by atoms with Crippen LogP contribution >= 0.6 is 11.8 Å². The molecule has 146 valence electrons. The van der Waals surface area contributed by atoms with Crippen LogP contribution in [0.5, 0.6) is 11.6 Å². The topological polar surface area (TPSA) is 35.0 Å². The maximum Gasteiger partial charge on any atom is 0.223 e. The highest BCUT2D eigenvalue weighted by molar-refractivity contribution is 7.98. The van der Waals surface area contributed by atoms with E-state index < -0.39 is 0 Å². The zero-order valence-electron chi connectivity index (χ0n) is 16.7. The lowest BCUT2D eigenvalue weighted by molar-refractivity contribution is 0.452. The molecular formula is C23H25FN2OS. The van der Waals surface area contributed by atoms with Gasteiger partial charge in [-0.1, -0.05) is 63.7 Å². The molecule has 0 spiro atoms. The first kappa shape index (κ1) is 20.3. The summed E-state index contributed by atoms with van der Waals surface area (Å²) in [5.74, 6) is 1.52. The standard InChI is InChI=1S/C23H25FN2OS/c1-5-19-14-21(27-20-12-10-18(24)11-13-20)26-22(25-19)28-15-16-6-8-17(9-7-16)23(2,3)4/h6-14H,5,15H2,1-4H3. The molecule has 0 saturated heterocycles. The lowest BCUT2D eigenvalue weighted by atomic mass is 9.87. The van der Waals surface area contributed by atoms with Gasteiger partial charge < -0.3 is 4.74 Å². The third-order valence-corrected chi connectivity index (χ3v) is 5.24. The Morgan fingerprint density at radius 3 is 2.25 bits per heavy atom. The van der Waals surface area contributed by atoms with Crippen molar-refractivity contribution >= 4 is 11.8 Å². The van der Waals surface area contributed by atoms with Crippen LogP contribution < -0.4 is 4.74 Å². The molecule has 0 bridgehead atoms. The zero-order chi connectivity index (χ0) is 20.1. The highest BCUT2D eigenvalue weighted by atomic mass is 32.2. The molecule has 0 N–H and O–H groups in total. The molecule has 3 aromatic rings. The monoisotopic (exact) mass is 396 g/mol. The van der Waals surface area contributed by atoms with Crippen LogP contribution in [0, 0.1) is 5.82 Å². The van der Waals surface area contributed by atoms with Crippen molar-refractivity contribution in [2.24, 2.45) is 0 Å². The molecule has 2 aromatic carbocycles. The fourth-order valence-electron chi connectivity index (χ4n) is 2.62. The van der Waals surface area contributed by atoms with Gasteiger partial charge in [-0.2, -0.15) is 4.98 Å². The minimum atomic E-state index is -0.294. The Balaban J connectivity index is 1.71. The quantitative estimate of drug-likeness (QED) is 0.349. The smallest absolute Gasteiger partial charge is 0.223 e. The summed E-state index contributed by atoms with van der Waals surface area (Å²) in [6.07, 6.45) is 0.788. The Hall–Kier alpha value is -2.40. The minimum absolute atomic E-state index is 0.150. The molecule has 0 aliphatic rings. The first-order chi connectivity index (χ1) is 13.3. The van der Waals surface area contributed by atoms with Crippen LogP contribution in [0.3, 0.4) is 0 Å². The molecule has 3 nitrogen and oxygen atoms in total. The Labute approximate surface area is 170 Å². The highest BCUT2D eigenvalue weighted by Gasteiger charge is 2.13. The molecule has 0 radical (unpaired) electrons. The highest BCUT2D eigenvalue weighted by Crippen LogP contribution is 2.27. The molecule has 3 rings (SSSR count). The summed E-state index contributed by atoms with van der Waals surface area (Å²) < 4.78 is 18.9. The minimum Gasteiger partial charge on any atom is -0.439 e. The van der Waals surface area contributed by atoms with E-state index in [2.05, 4.69) is 55.0 Å². The Bertz CT molecular complexity index is 919. The average Bonchev–Trinajstić information content (AvgIpc) is 2.67. The molecule has 28 heavy (non-hydrogen) atoms. The van der Waals surface area contributed by atoms with Crippen LogP contribution in [0.2, 0.25) is 0 Å². The van der Waals surface area contributed by atoms with Gasteiger partial charge in [0.2, 0.25) is 5.88 Å². The van der Waals surface area contributed by atoms with E-state index in [1.807, 2.05) is 13.0 Å². The largest absolute Gasteiger partial charge is 0.439 e. The van der Waals surface area contributed by atoms with Crippen molar-refractivity contribution in [3.8, 4) is 11.6 Å². The Morgan fingerprint density at radius 2 is 1.64 bits per heavy atom. The second-order valence-electron chi connectivity index (χ2n) is 7.63. The van der Waals surface area contributed by atoms with Crippen molar-refractivity contribution in [1.82, 2.24) is 9.97 Å². The molecule has 0 aliphatic heterocycles. The first-order valence-electron chi connectivity index (χ1n) is 9.37. The summed E-state index contributed by atoms with van der Waals surface area (Å²) in [5.41, 5.74) is 3.61. The molecule has 1 heterocycles. The van der Waals surface area contributed by atoms with Crippen molar-refractivity contribution in [3.05, 3.63) is 77.2 Å². The lowest BCUT2D eigenvalue weighted by Gasteiger charge is -2.19. The predicted molar refractivity (Wildman–Crippen MR) is 113 cm³/mol. The molecule has 0 aliphatic carbocycles. The number of benzene rings is 2. The van der Waals surface area contributed by atoms with Gasteiger partial charge in [0.05, 0.1) is 0 Å². The van der Waals surface area contributed by atoms with Crippen molar-refractivity contribution in [1.29, 1.82) is 0 Å². The van der Waals surface area contributed by atoms with E-state index in [0.29, 0.717) is 16.8 Å². The molecule has 0 atom stereocenters. The number of aryl methyl sites for hydroxylation is 1. The number of thioether (sulfide) groups is 1. The summed E-state index contributed by atoms with van der Waals surface area (Å²) in [5, 5.41) is 0.677. The van der Waals surface area contributed by atoms with Gasteiger partial charge in [0.15, 0.2) is 5.16 Å². The Morgan fingerprint density at radius 1 is 0.964 bits per heavy atom. The summed E-state index contributed by atoms with van der Waals surface area (Å²) in [6, 6.07) is 16.4. The fraction of sp³-hybridized carbons (Fsp3) is 0.304. The van der Waals surface area contributed by atoms with Crippen LogP contribution in [0.15, 0.2) is 59.8 Å². The Kier molecular flexibility index (Phi) is 6.35. The number of halogens is 1. The van der Waals surface area contributed by atoms with Crippen LogP contribution in [-0.4, -0.2) is 9.97 Å². The molecular weight excluding hydrogens is 371 g/mol. The van der Waals surface area contributed by atoms with Gasteiger partial charge in [-0.15, -0.1) is 0 Å². The van der Waals surface area contributed by atoms with E-state index in [4.69, 9.17) is 4.74 Å². The van der Waals surface area contributed by atoms with Crippen LogP contribution in [0.1, 0.15) is 44.5 Å². The van der Waals surface area contributed by atoms with Crippen LogP contribution in [-0.2, 0) is 17.6 Å². The predicted octanol–water partition coefficient (Wildman–Crippen LogP) is 6.56. The van der Waals surface area contributed by atoms with Gasteiger partial charge in [-0.05, 0) is 47.2 Å². The van der Waals surface area contributed by atoms with E-state index in [-0.39, 0.29) is 11.2 Å². The van der Waals surface area contributed by atoms with E-state index in [1.165, 1.54) is 23.3 Å². The second-order valence-corrected chi connectivity index (χ2v) is 8.57. The van der Waals surface area contributed by atoms with Gasteiger partial charge in [0.25, 0.3) is 0 Å². The van der Waals surface area contributed by atoms with Crippen molar-refractivity contribution in [2.75, 3.05) is 0 Å². The zero-order valence-corrected chi connectivity index (χ0v) is 17.5. The summed E-state index contributed by atoms with van der Waals surface area (Å²) >= 11 is 1.58. The number of ether oxygens (including phenoxy) is 1. The van der Waals surface area contributed by atoms with Gasteiger partial charge in [-0.3, -0.25) is 0 Å². The van der Waals surface area contributed by atoms with Crippen molar-refractivity contribution < 1.29 is 9.13 Å². The third kappa shape index (κ3) is 5.55. The first-order valence-corrected chi connectivity index (χ1v) is 10.4. The van der Waals surface area contributed by atoms with E-state index in [0.717, 1.165) is 17.9 Å². The van der Waals surface area contributed by atoms with Crippen LogP contribution in [0.4, 0.5) is 4.39 Å². The number of nitrogens with zero attached hydrogens (tertiary/aromatic N) is 2. The second kappa shape index (κ2) is 8.74. The van der Waals surface area contributed by atoms with Gasteiger partial charge in [-0.25, -0.2) is 9.37 Å². The maximum absolute atomic E-state index is 13.1. The fourth-order valence-corrected chi connectivity index (χ4v) is 3.44. The molecule has 5 heteroatoms. The number of rotatable bonds is 6. The number of hydrogen-bond donors (Lipinski definition) is 0. The summed E-state index contributed by atoms with van der Waals surface area (Å²) in [4.78, 5) is 9.10. The van der Waals surface area contributed by atoms with Crippen LogP contribution in [0.25, 0.3) is 0 Å². The molecule has 0 saturated carbocycles. The van der Waals surface area contributed by atoms with E-state index >= 15 is 0 Å². The summed E-state index contributed by atoms with van der Waals surface area (Å²) in [7, 11) is 0. The van der Waals surface area contributed by atoms with E-state index in [1.54, 1.807) is 23.9 Å². The normalized spacial score (nSPS) is 11.5. The van der Waals surface area contributed by atoms with Gasteiger partial charge in [0, 0.05) is 17.5 Å². The average molecular weight is 397 g/mol. The maximum atomic E-state index is 13.1. The van der Waals surface area contributed by atoms with Crippen molar-refractivity contribution in [2.45, 2.75) is 50.4 Å².